The minimum Gasteiger partial charge on any atom is -0.479 e. The van der Waals surface area contributed by atoms with Crippen molar-refractivity contribution in [2.24, 2.45) is 0 Å². The Morgan fingerprint density at radius 1 is 1.11 bits per heavy atom. The predicted molar refractivity (Wildman–Crippen MR) is 105 cm³/mol. The number of carbonyl (C=O) groups is 1. The van der Waals surface area contributed by atoms with Gasteiger partial charge in [0.2, 0.25) is 0 Å². The number of carbonyl (C=O) groups excluding carboxylic acids is 1. The Hall–Kier alpha value is -3.22. The van der Waals surface area contributed by atoms with E-state index < -0.39 is 12.1 Å². The molecule has 0 aliphatic rings. The van der Waals surface area contributed by atoms with Crippen molar-refractivity contribution in [2.75, 3.05) is 0 Å². The molecule has 0 spiro atoms. The lowest BCUT2D eigenvalue weighted by Gasteiger charge is -2.20. The molecular formula is C21H23N3O4. The van der Waals surface area contributed by atoms with E-state index in [1.54, 1.807) is 31.2 Å². The molecule has 2 aromatic carbocycles. The van der Waals surface area contributed by atoms with Crippen molar-refractivity contribution in [3.8, 4) is 5.75 Å². The van der Waals surface area contributed by atoms with Gasteiger partial charge >= 0.3 is 5.97 Å². The van der Waals surface area contributed by atoms with Gasteiger partial charge in [0.1, 0.15) is 11.3 Å². The average Bonchev–Trinajstić information content (AvgIpc) is 2.67. The molecule has 28 heavy (non-hydrogen) atoms. The monoisotopic (exact) mass is 381 g/mol. The van der Waals surface area contributed by atoms with E-state index in [0.717, 1.165) is 4.68 Å². The molecule has 1 atom stereocenters. The molecule has 1 aromatic heterocycles. The molecule has 0 saturated carbocycles. The van der Waals surface area contributed by atoms with Crippen LogP contribution in [0, 0.1) is 0 Å². The quantitative estimate of drug-likeness (QED) is 0.632. The summed E-state index contributed by atoms with van der Waals surface area (Å²) in [4.78, 5) is 24.6. The van der Waals surface area contributed by atoms with Gasteiger partial charge in [-0.15, -0.1) is 5.10 Å². The van der Waals surface area contributed by atoms with E-state index in [2.05, 4.69) is 31.1 Å². The lowest BCUT2D eigenvalue weighted by Crippen LogP contribution is -2.31. The number of nitrogens with zero attached hydrogens (tertiary/aromatic N) is 3. The molecule has 1 heterocycles. The zero-order chi connectivity index (χ0) is 20.3. The summed E-state index contributed by atoms with van der Waals surface area (Å²) in [7, 11) is 0. The van der Waals surface area contributed by atoms with Crippen LogP contribution in [0.3, 0.4) is 0 Å². The summed E-state index contributed by atoms with van der Waals surface area (Å²) in [5.41, 5.74) is 1.33. The van der Waals surface area contributed by atoms with Crippen LogP contribution in [-0.4, -0.2) is 27.1 Å². The van der Waals surface area contributed by atoms with Gasteiger partial charge in [-0.3, -0.25) is 4.79 Å². The summed E-state index contributed by atoms with van der Waals surface area (Å²) in [5.74, 6) is -0.0260. The van der Waals surface area contributed by atoms with Crippen molar-refractivity contribution >= 4 is 16.9 Å². The Morgan fingerprint density at radius 2 is 1.79 bits per heavy atom. The first-order valence-electron chi connectivity index (χ1n) is 9.02. The van der Waals surface area contributed by atoms with Crippen molar-refractivity contribution in [2.45, 2.75) is 45.9 Å². The SMILES string of the molecule is C[C@@H](Oc1ccc(C(C)(C)C)cc1)C(=O)OCn1nnc2ccccc2c1=O. The first kappa shape index (κ1) is 19.5. The highest BCUT2D eigenvalue weighted by molar-refractivity contribution is 5.76. The third-order valence-electron chi connectivity index (χ3n) is 4.32. The normalized spacial score (nSPS) is 12.6. The van der Waals surface area contributed by atoms with Gasteiger partial charge in [-0.1, -0.05) is 50.3 Å². The van der Waals surface area contributed by atoms with Crippen molar-refractivity contribution in [1.29, 1.82) is 0 Å². The molecule has 0 radical (unpaired) electrons. The summed E-state index contributed by atoms with van der Waals surface area (Å²) in [5, 5.41) is 8.16. The van der Waals surface area contributed by atoms with Gasteiger partial charge in [-0.2, -0.15) is 4.68 Å². The molecule has 0 saturated heterocycles. The number of ether oxygens (including phenoxy) is 2. The molecule has 3 aromatic rings. The molecule has 0 N–H and O–H groups in total. The van der Waals surface area contributed by atoms with E-state index in [9.17, 15) is 9.59 Å². The summed E-state index contributed by atoms with van der Waals surface area (Å²) in [6, 6.07) is 14.4. The maximum atomic E-state index is 12.4. The van der Waals surface area contributed by atoms with Crippen molar-refractivity contribution in [3.63, 3.8) is 0 Å². The second kappa shape index (κ2) is 7.80. The van der Waals surface area contributed by atoms with E-state index in [-0.39, 0.29) is 17.7 Å². The lowest BCUT2D eigenvalue weighted by atomic mass is 9.87. The largest absolute Gasteiger partial charge is 0.479 e. The highest BCUT2D eigenvalue weighted by atomic mass is 16.6. The van der Waals surface area contributed by atoms with Crippen molar-refractivity contribution < 1.29 is 14.3 Å². The molecule has 146 valence electrons. The minimum absolute atomic E-state index is 0.0389. The van der Waals surface area contributed by atoms with E-state index >= 15 is 0 Å². The van der Waals surface area contributed by atoms with Crippen LogP contribution in [0.1, 0.15) is 33.3 Å². The van der Waals surface area contributed by atoms with Crippen molar-refractivity contribution in [1.82, 2.24) is 15.0 Å². The van der Waals surface area contributed by atoms with Crippen LogP contribution >= 0.6 is 0 Å². The van der Waals surface area contributed by atoms with Gasteiger partial charge in [-0.25, -0.2) is 4.79 Å². The lowest BCUT2D eigenvalue weighted by molar-refractivity contribution is -0.155. The van der Waals surface area contributed by atoms with E-state index in [1.807, 2.05) is 24.3 Å². The smallest absolute Gasteiger partial charge is 0.348 e. The molecule has 0 amide bonds. The van der Waals surface area contributed by atoms with Gasteiger partial charge in [-0.05, 0) is 42.2 Å². The zero-order valence-electron chi connectivity index (χ0n) is 16.4. The van der Waals surface area contributed by atoms with E-state index in [0.29, 0.717) is 16.7 Å². The number of aromatic nitrogens is 3. The Labute approximate surface area is 162 Å². The second-order valence-electron chi connectivity index (χ2n) is 7.54. The standard InChI is InChI=1S/C21H23N3O4/c1-14(28-16-11-9-15(10-12-16)21(2,3)4)20(26)27-13-24-19(25)17-7-5-6-8-18(17)22-23-24/h5-12,14H,13H2,1-4H3/t14-/m1/s1. The van der Waals surface area contributed by atoms with Gasteiger partial charge in [0, 0.05) is 0 Å². The molecule has 7 nitrogen and oxygen atoms in total. The fraction of sp³-hybridized carbons (Fsp3) is 0.333. The van der Waals surface area contributed by atoms with Crippen LogP contribution in [-0.2, 0) is 21.7 Å². The summed E-state index contributed by atoms with van der Waals surface area (Å²) < 4.78 is 11.8. The van der Waals surface area contributed by atoms with Crippen LogP contribution in [0.15, 0.2) is 53.3 Å². The van der Waals surface area contributed by atoms with Crippen molar-refractivity contribution in [3.05, 3.63) is 64.4 Å². The Morgan fingerprint density at radius 3 is 2.46 bits per heavy atom. The third kappa shape index (κ3) is 4.36. The van der Waals surface area contributed by atoms with Gasteiger partial charge in [0.25, 0.3) is 5.56 Å². The highest BCUT2D eigenvalue weighted by Gasteiger charge is 2.18. The van der Waals surface area contributed by atoms with Gasteiger partial charge in [0.15, 0.2) is 12.8 Å². The molecule has 0 fully saturated rings. The fourth-order valence-electron chi connectivity index (χ4n) is 2.64. The van der Waals surface area contributed by atoms with Crippen LogP contribution in [0.2, 0.25) is 0 Å². The Balaban J connectivity index is 1.62. The summed E-state index contributed by atoms with van der Waals surface area (Å²) >= 11 is 0. The third-order valence-corrected chi connectivity index (χ3v) is 4.32. The fourth-order valence-corrected chi connectivity index (χ4v) is 2.64. The maximum Gasteiger partial charge on any atom is 0.348 e. The van der Waals surface area contributed by atoms with Crippen LogP contribution in [0.5, 0.6) is 5.75 Å². The van der Waals surface area contributed by atoms with Gasteiger partial charge in [0.05, 0.1) is 5.39 Å². The molecule has 0 unspecified atom stereocenters. The van der Waals surface area contributed by atoms with Crippen LogP contribution < -0.4 is 10.3 Å². The first-order chi connectivity index (χ1) is 13.3. The predicted octanol–water partition coefficient (Wildman–Crippen LogP) is 3.06. The summed E-state index contributed by atoms with van der Waals surface area (Å²) in [6.45, 7) is 7.64. The number of hydrogen-bond acceptors (Lipinski definition) is 6. The van der Waals surface area contributed by atoms with Gasteiger partial charge < -0.3 is 9.47 Å². The number of benzene rings is 2. The van der Waals surface area contributed by atoms with Crippen LogP contribution in [0.25, 0.3) is 10.9 Å². The highest BCUT2D eigenvalue weighted by Crippen LogP contribution is 2.24. The zero-order valence-corrected chi connectivity index (χ0v) is 16.4. The maximum absolute atomic E-state index is 12.4. The molecule has 0 aliphatic carbocycles. The van der Waals surface area contributed by atoms with E-state index in [1.165, 1.54) is 5.56 Å². The average molecular weight is 381 g/mol. The van der Waals surface area contributed by atoms with E-state index in [4.69, 9.17) is 9.47 Å². The Kier molecular flexibility index (Phi) is 5.44. The Bertz CT molecular complexity index is 1040. The molecule has 3 rings (SSSR count). The summed E-state index contributed by atoms with van der Waals surface area (Å²) in [6.07, 6.45) is -0.829. The molecular weight excluding hydrogens is 358 g/mol. The molecule has 7 heteroatoms. The number of esters is 1. The first-order valence-corrected chi connectivity index (χ1v) is 9.02. The second-order valence-corrected chi connectivity index (χ2v) is 7.54. The number of fused-ring (bicyclic) bond motifs is 1. The molecule has 0 bridgehead atoms. The minimum atomic E-state index is -0.829. The number of hydrogen-bond donors (Lipinski definition) is 0. The topological polar surface area (TPSA) is 83.3 Å². The van der Waals surface area contributed by atoms with Crippen LogP contribution in [0.4, 0.5) is 0 Å². The number of rotatable bonds is 5. The molecule has 0 aliphatic heterocycles.